The summed E-state index contributed by atoms with van der Waals surface area (Å²) in [5.74, 6) is 0. The van der Waals surface area contributed by atoms with Gasteiger partial charge in [0.1, 0.15) is 5.66 Å². The molecule has 1 aromatic carbocycles. The Morgan fingerprint density at radius 1 is 1.17 bits per heavy atom. The molecule has 0 aromatic heterocycles. The van der Waals surface area contributed by atoms with Crippen molar-refractivity contribution in [3.8, 4) is 0 Å². The minimum absolute atomic E-state index is 0.0527. The predicted octanol–water partition coefficient (Wildman–Crippen LogP) is -0.717. The van der Waals surface area contributed by atoms with Gasteiger partial charge < -0.3 is 30.4 Å². The Balaban J connectivity index is 3.29. The quantitative estimate of drug-likeness (QED) is 0.313. The molecule has 0 radical (unpaired) electrons. The fourth-order valence-corrected chi connectivity index (χ4v) is 2.82. The normalized spacial score (nSPS) is 14.5. The first-order chi connectivity index (χ1) is 8.07. The number of benzene rings is 1. The molecule has 1 rings (SSSR count). The van der Waals surface area contributed by atoms with Gasteiger partial charge >= 0.3 is 15.2 Å². The van der Waals surface area contributed by atoms with Crippen LogP contribution in [0.2, 0.25) is 0 Å². The molecule has 0 saturated carbocycles. The Bertz CT molecular complexity index is 534. The molecule has 0 aliphatic rings. The van der Waals surface area contributed by atoms with E-state index in [9.17, 15) is 9.13 Å². The van der Waals surface area contributed by atoms with Crippen molar-refractivity contribution in [2.24, 2.45) is 0 Å². The summed E-state index contributed by atoms with van der Waals surface area (Å²) in [7, 11) is -9.09. The second-order valence-electron chi connectivity index (χ2n) is 3.64. The second-order valence-corrected chi connectivity index (χ2v) is 7.05. The minimum Gasteiger partial charge on any atom is -0.398 e. The smallest absolute Gasteiger partial charge is 0.356 e. The molecule has 8 nitrogen and oxygen atoms in total. The highest BCUT2D eigenvalue weighted by Crippen LogP contribution is 2.52. The number of anilines is 1. The average molecular weight is 297 g/mol. The molecular weight excluding hydrogens is 284 g/mol. The van der Waals surface area contributed by atoms with Crippen LogP contribution in [0.15, 0.2) is 18.2 Å². The Morgan fingerprint density at radius 2 is 1.72 bits per heavy atom. The van der Waals surface area contributed by atoms with Gasteiger partial charge in [0.05, 0.1) is 11.9 Å². The lowest BCUT2D eigenvalue weighted by atomic mass is 10.1. The van der Waals surface area contributed by atoms with Gasteiger partial charge in [-0.3, -0.25) is 9.13 Å². The Labute approximate surface area is 102 Å². The van der Waals surface area contributed by atoms with Crippen LogP contribution in [0.3, 0.4) is 0 Å². The topological polar surface area (TPSA) is 161 Å². The van der Waals surface area contributed by atoms with Crippen LogP contribution >= 0.6 is 15.2 Å². The van der Waals surface area contributed by atoms with Crippen LogP contribution in [0.5, 0.6) is 0 Å². The third-order valence-corrected chi connectivity index (χ3v) is 4.55. The van der Waals surface area contributed by atoms with Crippen molar-refractivity contribution >= 4 is 26.2 Å². The van der Waals surface area contributed by atoms with Gasteiger partial charge in [-0.1, -0.05) is 6.07 Å². The summed E-state index contributed by atoms with van der Waals surface area (Å²) < 4.78 is 22.1. The van der Waals surface area contributed by atoms with Crippen molar-refractivity contribution in [3.63, 3.8) is 0 Å². The zero-order valence-corrected chi connectivity index (χ0v) is 10.8. The number of aliphatic hydroxyl groups is 1. The van der Waals surface area contributed by atoms with Crippen molar-refractivity contribution in [3.05, 3.63) is 23.8 Å². The van der Waals surface area contributed by atoms with E-state index in [1.807, 2.05) is 0 Å². The summed E-state index contributed by atoms with van der Waals surface area (Å²) in [5, 5.41) is 8.61. The van der Waals surface area contributed by atoms with Crippen LogP contribution in [0.25, 0.3) is 0 Å². The number of nitrogens with two attached hydrogens (primary N) is 1. The highest BCUT2D eigenvalue weighted by atomic mass is 31.2. The highest BCUT2D eigenvalue weighted by molar-refractivity contribution is 7.60. The first-order valence-electron chi connectivity index (χ1n) is 4.69. The number of nitrogen functional groups attached to an aromatic ring is 1. The summed E-state index contributed by atoms with van der Waals surface area (Å²) in [5.41, 5.74) is 3.73. The molecule has 1 aromatic rings. The van der Waals surface area contributed by atoms with E-state index in [1.54, 1.807) is 0 Å². The standard InChI is InChI=1S/C8H13NO7P2/c9-7-3-5(17(11,12)13)1-2-6(7)8(4-10)18(14,15)16/h1-3,8,10H,4,9H2,(H2,11,12,13)(H2,14,15,16). The summed E-state index contributed by atoms with van der Waals surface area (Å²) in [4.78, 5) is 35.9. The zero-order valence-electron chi connectivity index (χ0n) is 9.04. The molecule has 10 heteroatoms. The molecule has 0 amide bonds. The second kappa shape index (κ2) is 5.11. The molecule has 0 spiro atoms. The fourth-order valence-electron chi connectivity index (χ4n) is 1.43. The van der Waals surface area contributed by atoms with E-state index >= 15 is 0 Å². The van der Waals surface area contributed by atoms with Crippen molar-refractivity contribution < 1.29 is 33.8 Å². The van der Waals surface area contributed by atoms with E-state index < -0.39 is 27.5 Å². The Hall–Kier alpha value is -0.720. The molecule has 102 valence electrons. The first kappa shape index (κ1) is 15.3. The molecule has 0 aliphatic carbocycles. The maximum atomic E-state index is 11.1. The van der Waals surface area contributed by atoms with E-state index in [0.29, 0.717) is 0 Å². The molecule has 0 heterocycles. The van der Waals surface area contributed by atoms with E-state index in [0.717, 1.165) is 18.2 Å². The molecule has 18 heavy (non-hydrogen) atoms. The third-order valence-electron chi connectivity index (χ3n) is 2.34. The SMILES string of the molecule is Nc1cc(P(=O)(O)O)ccc1C(CO)P(=O)(O)O. The van der Waals surface area contributed by atoms with Crippen LogP contribution in [-0.2, 0) is 9.13 Å². The molecule has 0 bridgehead atoms. The monoisotopic (exact) mass is 297 g/mol. The average Bonchev–Trinajstić information content (AvgIpc) is 2.17. The Morgan fingerprint density at radius 3 is 2.06 bits per heavy atom. The maximum Gasteiger partial charge on any atom is 0.356 e. The van der Waals surface area contributed by atoms with Gasteiger partial charge in [-0.15, -0.1) is 0 Å². The largest absolute Gasteiger partial charge is 0.398 e. The van der Waals surface area contributed by atoms with Crippen LogP contribution in [0.1, 0.15) is 11.2 Å². The van der Waals surface area contributed by atoms with Gasteiger partial charge in [0, 0.05) is 5.69 Å². The maximum absolute atomic E-state index is 11.1. The lowest BCUT2D eigenvalue weighted by Crippen LogP contribution is -2.12. The number of rotatable bonds is 4. The van der Waals surface area contributed by atoms with Crippen LogP contribution in [0, 0.1) is 0 Å². The molecule has 0 saturated heterocycles. The number of hydrogen-bond donors (Lipinski definition) is 6. The van der Waals surface area contributed by atoms with Gasteiger partial charge in [-0.2, -0.15) is 0 Å². The lowest BCUT2D eigenvalue weighted by Gasteiger charge is -2.18. The minimum atomic E-state index is -4.60. The summed E-state index contributed by atoms with van der Waals surface area (Å²) in [6.45, 7) is -0.830. The molecule has 0 fully saturated rings. The first-order valence-corrected chi connectivity index (χ1v) is 7.98. The van der Waals surface area contributed by atoms with Crippen LogP contribution in [-0.4, -0.2) is 31.3 Å². The van der Waals surface area contributed by atoms with E-state index in [1.165, 1.54) is 0 Å². The van der Waals surface area contributed by atoms with E-state index in [2.05, 4.69) is 0 Å². The summed E-state index contributed by atoms with van der Waals surface area (Å²) in [6, 6.07) is 3.04. The van der Waals surface area contributed by atoms with Crippen molar-refractivity contribution in [1.29, 1.82) is 0 Å². The zero-order chi connectivity index (χ0) is 14.1. The molecule has 0 aliphatic heterocycles. The number of hydrogen-bond acceptors (Lipinski definition) is 4. The van der Waals surface area contributed by atoms with Crippen LogP contribution < -0.4 is 11.0 Å². The van der Waals surface area contributed by atoms with Gasteiger partial charge in [-0.05, 0) is 17.7 Å². The van der Waals surface area contributed by atoms with Crippen LogP contribution in [0.4, 0.5) is 5.69 Å². The molecular formula is C8H13NO7P2. The van der Waals surface area contributed by atoms with Gasteiger partial charge in [0.2, 0.25) is 0 Å². The van der Waals surface area contributed by atoms with Crippen molar-refractivity contribution in [2.75, 3.05) is 12.3 Å². The molecule has 1 atom stereocenters. The molecule has 1 unspecified atom stereocenters. The third kappa shape index (κ3) is 3.40. The lowest BCUT2D eigenvalue weighted by molar-refractivity contribution is 0.266. The number of aliphatic hydroxyl groups excluding tert-OH is 1. The predicted molar refractivity (Wildman–Crippen MR) is 64.4 cm³/mol. The molecule has 7 N–H and O–H groups in total. The highest BCUT2D eigenvalue weighted by Gasteiger charge is 2.32. The summed E-state index contributed by atoms with van der Waals surface area (Å²) in [6.07, 6.45) is 0. The van der Waals surface area contributed by atoms with Gasteiger partial charge in [0.15, 0.2) is 0 Å². The van der Waals surface area contributed by atoms with E-state index in [-0.39, 0.29) is 16.6 Å². The van der Waals surface area contributed by atoms with Gasteiger partial charge in [-0.25, -0.2) is 0 Å². The van der Waals surface area contributed by atoms with Crippen molar-refractivity contribution in [1.82, 2.24) is 0 Å². The van der Waals surface area contributed by atoms with E-state index in [4.69, 9.17) is 30.4 Å². The fraction of sp³-hybridized carbons (Fsp3) is 0.250. The summed E-state index contributed by atoms with van der Waals surface area (Å²) >= 11 is 0. The van der Waals surface area contributed by atoms with Crippen molar-refractivity contribution in [2.45, 2.75) is 5.66 Å². The Kier molecular flexibility index (Phi) is 4.35. The van der Waals surface area contributed by atoms with Gasteiger partial charge in [0.25, 0.3) is 0 Å².